The van der Waals surface area contributed by atoms with E-state index in [0.717, 1.165) is 30.2 Å². The Balaban J connectivity index is 1.79. The maximum Gasteiger partial charge on any atom is 0.113 e. The van der Waals surface area contributed by atoms with Crippen molar-refractivity contribution in [1.82, 2.24) is 9.55 Å². The molecule has 0 radical (unpaired) electrons. The van der Waals surface area contributed by atoms with Crippen molar-refractivity contribution in [2.75, 3.05) is 11.5 Å². The molecule has 21 heavy (non-hydrogen) atoms. The molecule has 0 aliphatic heterocycles. The zero-order valence-corrected chi connectivity index (χ0v) is 11.7. The molecule has 0 saturated carbocycles. The lowest BCUT2D eigenvalue weighted by Crippen LogP contribution is -2.05. The highest BCUT2D eigenvalue weighted by molar-refractivity contribution is 5.41. The second kappa shape index (κ2) is 5.71. The van der Waals surface area contributed by atoms with E-state index in [0.29, 0.717) is 0 Å². The molecule has 4 N–H and O–H groups in total. The molecule has 106 valence electrons. The van der Waals surface area contributed by atoms with E-state index in [1.807, 2.05) is 54.9 Å². The van der Waals surface area contributed by atoms with Gasteiger partial charge in [-0.05, 0) is 35.4 Å². The summed E-state index contributed by atoms with van der Waals surface area (Å²) in [5.41, 5.74) is 15.5. The van der Waals surface area contributed by atoms with E-state index in [9.17, 15) is 0 Å². The quantitative estimate of drug-likeness (QED) is 0.721. The Hall–Kier alpha value is -2.75. The van der Waals surface area contributed by atoms with Crippen LogP contribution in [0.2, 0.25) is 0 Å². The van der Waals surface area contributed by atoms with Crippen LogP contribution in [0.15, 0.2) is 60.9 Å². The first-order chi connectivity index (χ1) is 10.2. The first kappa shape index (κ1) is 13.2. The van der Waals surface area contributed by atoms with E-state index in [4.69, 9.17) is 11.5 Å². The standard InChI is InChI=1S/C17H18N4/c18-15-6-4-13(5-7-15)12-21-9-8-20-17(21)11-14-2-1-3-16(19)10-14/h1-10H,11-12,18-19H2. The van der Waals surface area contributed by atoms with Crippen LogP contribution in [0.1, 0.15) is 17.0 Å². The number of aromatic nitrogens is 2. The van der Waals surface area contributed by atoms with Gasteiger partial charge in [-0.3, -0.25) is 0 Å². The summed E-state index contributed by atoms with van der Waals surface area (Å²) in [7, 11) is 0. The molecule has 0 bridgehead atoms. The van der Waals surface area contributed by atoms with Gasteiger partial charge in [0.2, 0.25) is 0 Å². The predicted molar refractivity (Wildman–Crippen MR) is 85.8 cm³/mol. The van der Waals surface area contributed by atoms with Gasteiger partial charge < -0.3 is 16.0 Å². The number of benzene rings is 2. The second-order valence-electron chi connectivity index (χ2n) is 5.13. The van der Waals surface area contributed by atoms with Crippen molar-refractivity contribution in [3.8, 4) is 0 Å². The lowest BCUT2D eigenvalue weighted by Gasteiger charge is -2.09. The molecule has 1 heterocycles. The Morgan fingerprint density at radius 1 is 0.905 bits per heavy atom. The van der Waals surface area contributed by atoms with Crippen LogP contribution < -0.4 is 11.5 Å². The molecule has 3 rings (SSSR count). The summed E-state index contributed by atoms with van der Waals surface area (Å²) in [6.07, 6.45) is 4.60. The van der Waals surface area contributed by atoms with Crippen molar-refractivity contribution in [1.29, 1.82) is 0 Å². The Bertz CT molecular complexity index is 729. The van der Waals surface area contributed by atoms with Crippen LogP contribution in [0.4, 0.5) is 11.4 Å². The lowest BCUT2D eigenvalue weighted by molar-refractivity contribution is 0.741. The number of rotatable bonds is 4. The van der Waals surface area contributed by atoms with Crippen molar-refractivity contribution < 1.29 is 0 Å². The first-order valence-corrected chi connectivity index (χ1v) is 6.89. The molecule has 3 aromatic rings. The lowest BCUT2D eigenvalue weighted by atomic mass is 10.1. The highest BCUT2D eigenvalue weighted by Gasteiger charge is 2.05. The van der Waals surface area contributed by atoms with Gasteiger partial charge in [0.25, 0.3) is 0 Å². The predicted octanol–water partition coefficient (Wildman–Crippen LogP) is 2.69. The number of anilines is 2. The molecule has 4 nitrogen and oxygen atoms in total. The van der Waals surface area contributed by atoms with Crippen LogP contribution in [0.3, 0.4) is 0 Å². The molecule has 2 aromatic carbocycles. The maximum atomic E-state index is 5.82. The van der Waals surface area contributed by atoms with Gasteiger partial charge in [-0.1, -0.05) is 24.3 Å². The van der Waals surface area contributed by atoms with Crippen molar-refractivity contribution in [3.05, 3.63) is 77.9 Å². The molecule has 0 aliphatic rings. The van der Waals surface area contributed by atoms with Crippen LogP contribution in [-0.2, 0) is 13.0 Å². The van der Waals surface area contributed by atoms with E-state index in [2.05, 4.69) is 15.6 Å². The summed E-state index contributed by atoms with van der Waals surface area (Å²) in [6.45, 7) is 0.790. The Labute approximate surface area is 124 Å². The monoisotopic (exact) mass is 278 g/mol. The van der Waals surface area contributed by atoms with Gasteiger partial charge in [0.1, 0.15) is 5.82 Å². The molecule has 4 heteroatoms. The van der Waals surface area contributed by atoms with Crippen LogP contribution in [-0.4, -0.2) is 9.55 Å². The Morgan fingerprint density at radius 3 is 2.48 bits per heavy atom. The summed E-state index contributed by atoms with van der Waals surface area (Å²) in [6, 6.07) is 15.8. The number of imidazole rings is 1. The third kappa shape index (κ3) is 3.23. The normalized spacial score (nSPS) is 10.7. The summed E-state index contributed by atoms with van der Waals surface area (Å²) in [4.78, 5) is 4.45. The number of nitrogens with two attached hydrogens (primary N) is 2. The number of hydrogen-bond acceptors (Lipinski definition) is 3. The van der Waals surface area contributed by atoms with Crippen LogP contribution in [0.5, 0.6) is 0 Å². The third-order valence-electron chi connectivity index (χ3n) is 3.45. The minimum Gasteiger partial charge on any atom is -0.399 e. The smallest absolute Gasteiger partial charge is 0.113 e. The average Bonchev–Trinajstić information content (AvgIpc) is 2.89. The molecule has 0 aliphatic carbocycles. The largest absolute Gasteiger partial charge is 0.399 e. The number of hydrogen-bond donors (Lipinski definition) is 2. The molecular formula is C17H18N4. The maximum absolute atomic E-state index is 5.82. The minimum atomic E-state index is 0.771. The topological polar surface area (TPSA) is 69.9 Å². The van der Waals surface area contributed by atoms with Crippen LogP contribution in [0, 0.1) is 0 Å². The summed E-state index contributed by atoms with van der Waals surface area (Å²) >= 11 is 0. The highest BCUT2D eigenvalue weighted by Crippen LogP contribution is 2.14. The molecule has 0 amide bonds. The third-order valence-corrected chi connectivity index (χ3v) is 3.45. The molecule has 0 spiro atoms. The number of nitrogen functional groups attached to an aromatic ring is 2. The Morgan fingerprint density at radius 2 is 1.71 bits per heavy atom. The zero-order chi connectivity index (χ0) is 14.7. The molecule has 0 saturated heterocycles. The van der Waals surface area contributed by atoms with E-state index >= 15 is 0 Å². The van der Waals surface area contributed by atoms with Crippen molar-refractivity contribution in [3.63, 3.8) is 0 Å². The zero-order valence-electron chi connectivity index (χ0n) is 11.7. The van der Waals surface area contributed by atoms with Gasteiger partial charge in [-0.15, -0.1) is 0 Å². The van der Waals surface area contributed by atoms with E-state index in [1.54, 1.807) is 0 Å². The van der Waals surface area contributed by atoms with E-state index in [-0.39, 0.29) is 0 Å². The fourth-order valence-electron chi connectivity index (χ4n) is 2.36. The fourth-order valence-corrected chi connectivity index (χ4v) is 2.36. The van der Waals surface area contributed by atoms with Gasteiger partial charge in [0, 0.05) is 36.7 Å². The van der Waals surface area contributed by atoms with Crippen LogP contribution >= 0.6 is 0 Å². The molecular weight excluding hydrogens is 260 g/mol. The van der Waals surface area contributed by atoms with Gasteiger partial charge in [0.05, 0.1) is 0 Å². The fraction of sp³-hybridized carbons (Fsp3) is 0.118. The molecule has 1 aromatic heterocycles. The SMILES string of the molecule is Nc1ccc(Cn2ccnc2Cc2cccc(N)c2)cc1. The van der Waals surface area contributed by atoms with Crippen molar-refractivity contribution in [2.24, 2.45) is 0 Å². The van der Waals surface area contributed by atoms with Gasteiger partial charge in [-0.25, -0.2) is 4.98 Å². The molecule has 0 atom stereocenters. The second-order valence-corrected chi connectivity index (χ2v) is 5.13. The van der Waals surface area contributed by atoms with Gasteiger partial charge in [-0.2, -0.15) is 0 Å². The van der Waals surface area contributed by atoms with Crippen LogP contribution in [0.25, 0.3) is 0 Å². The van der Waals surface area contributed by atoms with Gasteiger partial charge >= 0.3 is 0 Å². The Kier molecular flexibility index (Phi) is 3.60. The highest BCUT2D eigenvalue weighted by atomic mass is 15.1. The average molecular weight is 278 g/mol. The summed E-state index contributed by atoms with van der Waals surface area (Å²) in [5.74, 6) is 1.03. The summed E-state index contributed by atoms with van der Waals surface area (Å²) in [5, 5.41) is 0. The summed E-state index contributed by atoms with van der Waals surface area (Å²) < 4.78 is 2.15. The molecule has 0 fully saturated rings. The van der Waals surface area contributed by atoms with E-state index in [1.165, 1.54) is 11.1 Å². The van der Waals surface area contributed by atoms with Crippen molar-refractivity contribution >= 4 is 11.4 Å². The van der Waals surface area contributed by atoms with E-state index < -0.39 is 0 Å². The first-order valence-electron chi connectivity index (χ1n) is 6.89. The van der Waals surface area contributed by atoms with Gasteiger partial charge in [0.15, 0.2) is 0 Å². The number of nitrogens with zero attached hydrogens (tertiary/aromatic N) is 2. The minimum absolute atomic E-state index is 0.771. The van der Waals surface area contributed by atoms with Crippen molar-refractivity contribution in [2.45, 2.75) is 13.0 Å². The molecule has 0 unspecified atom stereocenters.